The molecule has 0 saturated heterocycles. The molecule has 0 aliphatic heterocycles. The smallest absolute Gasteiger partial charge is 0.348 e. The predicted molar refractivity (Wildman–Crippen MR) is 192 cm³/mol. The molecule has 16 heteroatoms. The van der Waals surface area contributed by atoms with Crippen LogP contribution >= 0.6 is 0 Å². The lowest BCUT2D eigenvalue weighted by Crippen LogP contribution is -2.71. The number of benzene rings is 4. The zero-order valence-corrected chi connectivity index (χ0v) is 30.1. The normalized spacial score (nSPS) is 15.1. The molecule has 0 spiro atoms. The number of carboxylic acids is 4. The van der Waals surface area contributed by atoms with E-state index in [1.165, 1.54) is 100 Å². The highest BCUT2D eigenvalue weighted by molar-refractivity contribution is 6.30. The lowest BCUT2D eigenvalue weighted by molar-refractivity contribution is -0.187. The molecule has 0 aromatic heterocycles. The van der Waals surface area contributed by atoms with Gasteiger partial charge in [0.2, 0.25) is 23.1 Å². The predicted octanol–water partition coefficient (Wildman–Crippen LogP) is 2.00. The van der Waals surface area contributed by atoms with E-state index in [4.69, 9.17) is 0 Å². The van der Waals surface area contributed by atoms with Crippen LogP contribution in [-0.4, -0.2) is 110 Å². The first-order chi connectivity index (χ1) is 26.0. The molecule has 292 valence electrons. The third kappa shape index (κ3) is 7.12. The molecule has 0 bridgehead atoms. The van der Waals surface area contributed by atoms with Gasteiger partial charge in [-0.05, 0) is 49.9 Å². The van der Waals surface area contributed by atoms with Gasteiger partial charge in [0.05, 0.1) is 0 Å². The quantitative estimate of drug-likeness (QED) is 0.0671. The molecule has 4 atom stereocenters. The largest absolute Gasteiger partial charge is 0.479 e. The molecule has 0 saturated carbocycles. The van der Waals surface area contributed by atoms with Crippen LogP contribution in [0.4, 0.5) is 0 Å². The van der Waals surface area contributed by atoms with Crippen LogP contribution in [0.25, 0.3) is 0 Å². The first-order valence-corrected chi connectivity index (χ1v) is 16.2. The van der Waals surface area contributed by atoms with E-state index in [2.05, 4.69) is 0 Å². The van der Waals surface area contributed by atoms with Crippen molar-refractivity contribution in [3.63, 3.8) is 0 Å². The fourth-order valence-corrected chi connectivity index (χ4v) is 5.75. The molecular formula is C40H36O16. The topological polar surface area (TPSA) is 298 Å². The number of aliphatic hydroxyl groups is 4. The standard InChI is InChI=1S/2C20H18O8/c2*1-11-7-3-5-9-13(11)15(21)19(27,17(23)24)20(28,18(25)26)16(22)14-10-6-4-8-12(14)2/h2*3-10,27-28H,1-2H3,(H,23,24)(H,25,26)/t19-,20-;/m1./s1. The Balaban J connectivity index is 0.000000300. The molecule has 0 radical (unpaired) electrons. The van der Waals surface area contributed by atoms with Crippen LogP contribution in [0.1, 0.15) is 63.7 Å². The Labute approximate surface area is 317 Å². The van der Waals surface area contributed by atoms with E-state index in [9.17, 15) is 79.2 Å². The molecule has 0 aliphatic rings. The second-order valence-electron chi connectivity index (χ2n) is 12.6. The number of aryl methyl sites for hydroxylation is 4. The van der Waals surface area contributed by atoms with Crippen molar-refractivity contribution in [3.05, 3.63) is 142 Å². The Morgan fingerprint density at radius 3 is 0.589 bits per heavy atom. The second-order valence-corrected chi connectivity index (χ2v) is 12.6. The summed E-state index contributed by atoms with van der Waals surface area (Å²) in [6.07, 6.45) is 0. The molecule has 0 aliphatic carbocycles. The maximum absolute atomic E-state index is 12.9. The number of hydrogen-bond acceptors (Lipinski definition) is 12. The Kier molecular flexibility index (Phi) is 12.7. The first kappa shape index (κ1) is 43.7. The van der Waals surface area contributed by atoms with Gasteiger partial charge in [-0.3, -0.25) is 19.2 Å². The highest BCUT2D eigenvalue weighted by Crippen LogP contribution is 2.35. The molecule has 0 fully saturated rings. The van der Waals surface area contributed by atoms with Crippen molar-refractivity contribution in [1.29, 1.82) is 0 Å². The van der Waals surface area contributed by atoms with Crippen molar-refractivity contribution in [1.82, 2.24) is 0 Å². The molecule has 4 rings (SSSR count). The Bertz CT molecular complexity index is 1960. The number of Topliss-reactive ketones (excluding diaryl/α,β-unsaturated/α-hetero) is 4. The molecule has 4 aromatic rings. The van der Waals surface area contributed by atoms with Crippen LogP contribution in [-0.2, 0) is 19.2 Å². The van der Waals surface area contributed by atoms with E-state index in [1.54, 1.807) is 0 Å². The number of rotatable bonds is 14. The fraction of sp³-hybridized carbons (Fsp3) is 0.200. The van der Waals surface area contributed by atoms with Gasteiger partial charge in [-0.25, -0.2) is 19.2 Å². The Morgan fingerprint density at radius 1 is 0.321 bits per heavy atom. The maximum Gasteiger partial charge on any atom is 0.348 e. The summed E-state index contributed by atoms with van der Waals surface area (Å²) in [5, 5.41) is 81.2. The van der Waals surface area contributed by atoms with Crippen LogP contribution < -0.4 is 0 Å². The minimum Gasteiger partial charge on any atom is -0.479 e. The van der Waals surface area contributed by atoms with Gasteiger partial charge in [0, 0.05) is 22.3 Å². The summed E-state index contributed by atoms with van der Waals surface area (Å²) in [4.78, 5) is 99.1. The van der Waals surface area contributed by atoms with Gasteiger partial charge in [0.25, 0.3) is 22.4 Å². The maximum atomic E-state index is 12.9. The van der Waals surface area contributed by atoms with Crippen molar-refractivity contribution in [2.75, 3.05) is 0 Å². The number of aliphatic carboxylic acids is 4. The van der Waals surface area contributed by atoms with E-state index in [0.717, 1.165) is 24.3 Å². The van der Waals surface area contributed by atoms with Crippen LogP contribution in [0.3, 0.4) is 0 Å². The van der Waals surface area contributed by atoms with E-state index in [-0.39, 0.29) is 44.5 Å². The molecule has 8 N–H and O–H groups in total. The summed E-state index contributed by atoms with van der Waals surface area (Å²) in [6, 6.07) is 22.0. The third-order valence-electron chi connectivity index (χ3n) is 9.16. The van der Waals surface area contributed by atoms with Crippen molar-refractivity contribution in [3.8, 4) is 0 Å². The summed E-state index contributed by atoms with van der Waals surface area (Å²) in [6.45, 7) is 5.72. The van der Waals surface area contributed by atoms with E-state index >= 15 is 0 Å². The summed E-state index contributed by atoms with van der Waals surface area (Å²) in [5.41, 5.74) is -16.3. The number of carbonyl (C=O) groups excluding carboxylic acids is 4. The molecular weight excluding hydrogens is 736 g/mol. The fourth-order valence-electron chi connectivity index (χ4n) is 5.75. The van der Waals surface area contributed by atoms with Crippen molar-refractivity contribution in [2.24, 2.45) is 0 Å². The zero-order chi connectivity index (χ0) is 42.6. The van der Waals surface area contributed by atoms with Gasteiger partial charge >= 0.3 is 23.9 Å². The minimum atomic E-state index is -3.97. The monoisotopic (exact) mass is 772 g/mol. The average molecular weight is 773 g/mol. The van der Waals surface area contributed by atoms with Gasteiger partial charge in [0.15, 0.2) is 0 Å². The van der Waals surface area contributed by atoms with Gasteiger partial charge in [-0.2, -0.15) is 0 Å². The number of hydrogen-bond donors (Lipinski definition) is 8. The van der Waals surface area contributed by atoms with E-state index < -0.39 is 69.4 Å². The second kappa shape index (κ2) is 16.3. The molecule has 2 unspecified atom stereocenters. The summed E-state index contributed by atoms with van der Waals surface area (Å²) >= 11 is 0. The van der Waals surface area contributed by atoms with Gasteiger partial charge < -0.3 is 40.9 Å². The van der Waals surface area contributed by atoms with E-state index in [1.807, 2.05) is 0 Å². The van der Waals surface area contributed by atoms with Crippen LogP contribution in [0.15, 0.2) is 97.1 Å². The van der Waals surface area contributed by atoms with Gasteiger partial charge in [0.1, 0.15) is 0 Å². The van der Waals surface area contributed by atoms with Crippen LogP contribution in [0, 0.1) is 27.7 Å². The van der Waals surface area contributed by atoms with Gasteiger partial charge in [-0.1, -0.05) is 97.1 Å². The third-order valence-corrected chi connectivity index (χ3v) is 9.16. The lowest BCUT2D eigenvalue weighted by Gasteiger charge is -2.35. The molecule has 56 heavy (non-hydrogen) atoms. The van der Waals surface area contributed by atoms with Crippen molar-refractivity contribution < 1.29 is 79.2 Å². The summed E-state index contributed by atoms with van der Waals surface area (Å²) in [5.74, 6) is -16.0. The highest BCUT2D eigenvalue weighted by atomic mass is 16.5. The highest BCUT2D eigenvalue weighted by Gasteiger charge is 2.71. The summed E-state index contributed by atoms with van der Waals surface area (Å²) < 4.78 is 0. The average Bonchev–Trinajstić information content (AvgIpc) is 3.16. The SMILES string of the molecule is Cc1ccccc1C(=O)C(O)(C(=O)O)C(O)(C(=O)O)C(=O)c1ccccc1C.Cc1ccccc1C(=O)[C@@](O)(C(=O)O)[C@](O)(C(=O)O)C(=O)c1ccccc1C. The molecule has 0 amide bonds. The van der Waals surface area contributed by atoms with Crippen molar-refractivity contribution in [2.45, 2.75) is 50.1 Å². The van der Waals surface area contributed by atoms with E-state index in [0.29, 0.717) is 0 Å². The minimum absolute atomic E-state index is 0.225. The van der Waals surface area contributed by atoms with Crippen molar-refractivity contribution >= 4 is 47.0 Å². The number of carbonyl (C=O) groups is 8. The van der Waals surface area contributed by atoms with Crippen LogP contribution in [0.5, 0.6) is 0 Å². The van der Waals surface area contributed by atoms with Gasteiger partial charge in [-0.15, -0.1) is 0 Å². The Hall–Kier alpha value is -6.72. The first-order valence-electron chi connectivity index (χ1n) is 16.2. The number of carboxylic acid groups (broad SMARTS) is 4. The summed E-state index contributed by atoms with van der Waals surface area (Å²) in [7, 11) is 0. The molecule has 0 heterocycles. The molecule has 4 aromatic carbocycles. The zero-order valence-electron chi connectivity index (χ0n) is 30.1. The lowest BCUT2D eigenvalue weighted by atomic mass is 9.72. The number of ketones is 4. The van der Waals surface area contributed by atoms with Crippen LogP contribution in [0.2, 0.25) is 0 Å². The Morgan fingerprint density at radius 2 is 0.464 bits per heavy atom. The molecule has 16 nitrogen and oxygen atoms in total.